The van der Waals surface area contributed by atoms with Gasteiger partial charge in [0, 0.05) is 0 Å². The van der Waals surface area contributed by atoms with Gasteiger partial charge in [0.1, 0.15) is 12.4 Å². The van der Waals surface area contributed by atoms with Gasteiger partial charge in [-0.05, 0) is 37.0 Å². The first kappa shape index (κ1) is 13.0. The van der Waals surface area contributed by atoms with Crippen molar-refractivity contribution < 1.29 is 4.74 Å². The van der Waals surface area contributed by atoms with Crippen LogP contribution in [-0.4, -0.2) is 6.61 Å². The van der Waals surface area contributed by atoms with E-state index in [1.165, 1.54) is 12.0 Å². The summed E-state index contributed by atoms with van der Waals surface area (Å²) in [6, 6.07) is 10.7. The molecule has 0 radical (unpaired) electrons. The van der Waals surface area contributed by atoms with E-state index in [1.807, 2.05) is 12.1 Å². The van der Waals surface area contributed by atoms with Gasteiger partial charge in [0.05, 0.1) is 11.5 Å². The number of hydrogen-bond donors (Lipinski definition) is 0. The molecule has 0 atom stereocenters. The molecule has 0 aromatic heterocycles. The fourth-order valence-corrected chi connectivity index (χ4v) is 2.56. The summed E-state index contributed by atoms with van der Waals surface area (Å²) in [7, 11) is 0. The molecule has 0 N–H and O–H groups in total. The Kier molecular flexibility index (Phi) is 4.25. The highest BCUT2D eigenvalue weighted by molar-refractivity contribution is 5.27. The third-order valence-corrected chi connectivity index (χ3v) is 3.89. The Morgan fingerprint density at radius 3 is 2.39 bits per heavy atom. The maximum absolute atomic E-state index is 9.37. The molecule has 1 aliphatic rings. The first-order chi connectivity index (χ1) is 8.78. The zero-order chi connectivity index (χ0) is 12.8. The van der Waals surface area contributed by atoms with Crippen LogP contribution in [0.25, 0.3) is 0 Å². The summed E-state index contributed by atoms with van der Waals surface area (Å²) in [6.07, 6.45) is 6.58. The lowest BCUT2D eigenvalue weighted by Crippen LogP contribution is -2.29. The fourth-order valence-electron chi connectivity index (χ4n) is 2.56. The minimum Gasteiger partial charge on any atom is -0.492 e. The average molecular weight is 243 g/mol. The summed E-state index contributed by atoms with van der Waals surface area (Å²) in [6.45, 7) is 2.68. The predicted octanol–water partition coefficient (Wildman–Crippen LogP) is 4.10. The van der Waals surface area contributed by atoms with Crippen molar-refractivity contribution in [2.75, 3.05) is 6.61 Å². The van der Waals surface area contributed by atoms with Crippen LogP contribution in [-0.2, 0) is 6.42 Å². The molecule has 0 bridgehead atoms. The van der Waals surface area contributed by atoms with Gasteiger partial charge in [-0.2, -0.15) is 5.26 Å². The van der Waals surface area contributed by atoms with Gasteiger partial charge in [0.15, 0.2) is 0 Å². The van der Waals surface area contributed by atoms with E-state index in [9.17, 15) is 5.26 Å². The molecular weight excluding hydrogens is 222 g/mol. The fraction of sp³-hybridized carbons (Fsp3) is 0.562. The molecule has 0 saturated heterocycles. The second-order valence-corrected chi connectivity index (χ2v) is 5.24. The molecule has 0 aliphatic heterocycles. The summed E-state index contributed by atoms with van der Waals surface area (Å²) in [4.78, 5) is 0. The largest absolute Gasteiger partial charge is 0.492 e. The molecule has 2 rings (SSSR count). The van der Waals surface area contributed by atoms with Crippen LogP contribution in [0.1, 0.15) is 44.6 Å². The SMILES string of the molecule is CCc1ccc(OCC2(C#N)CCCCC2)cc1. The molecule has 96 valence electrons. The Morgan fingerprint density at radius 1 is 1.17 bits per heavy atom. The van der Waals surface area contributed by atoms with E-state index in [0.717, 1.165) is 37.9 Å². The van der Waals surface area contributed by atoms with Crippen LogP contribution in [0.2, 0.25) is 0 Å². The van der Waals surface area contributed by atoms with Crippen LogP contribution in [0.4, 0.5) is 0 Å². The van der Waals surface area contributed by atoms with Gasteiger partial charge in [-0.25, -0.2) is 0 Å². The van der Waals surface area contributed by atoms with E-state index in [0.29, 0.717) is 6.61 Å². The van der Waals surface area contributed by atoms with Crippen molar-refractivity contribution in [1.82, 2.24) is 0 Å². The normalized spacial score (nSPS) is 18.0. The average Bonchev–Trinajstić information content (AvgIpc) is 2.47. The topological polar surface area (TPSA) is 33.0 Å². The molecule has 0 amide bonds. The van der Waals surface area contributed by atoms with E-state index >= 15 is 0 Å². The van der Waals surface area contributed by atoms with Gasteiger partial charge >= 0.3 is 0 Å². The van der Waals surface area contributed by atoms with Gasteiger partial charge < -0.3 is 4.74 Å². The quantitative estimate of drug-likeness (QED) is 0.797. The standard InChI is InChI=1S/C16H21NO/c1-2-14-6-8-15(9-7-14)18-13-16(12-17)10-4-3-5-11-16/h6-9H,2-5,10-11,13H2,1H3. The Morgan fingerprint density at radius 2 is 1.83 bits per heavy atom. The van der Waals surface area contributed by atoms with Gasteiger partial charge in [-0.3, -0.25) is 0 Å². The predicted molar refractivity (Wildman–Crippen MR) is 72.4 cm³/mol. The highest BCUT2D eigenvalue weighted by Gasteiger charge is 2.32. The molecule has 1 aromatic carbocycles. The number of aryl methyl sites for hydroxylation is 1. The molecule has 1 fully saturated rings. The first-order valence-corrected chi connectivity index (χ1v) is 6.91. The minimum absolute atomic E-state index is 0.248. The van der Waals surface area contributed by atoms with Crippen LogP contribution < -0.4 is 4.74 Å². The lowest BCUT2D eigenvalue weighted by Gasteiger charge is -2.30. The molecule has 2 nitrogen and oxygen atoms in total. The number of rotatable bonds is 4. The van der Waals surface area contributed by atoms with Crippen molar-refractivity contribution in [2.24, 2.45) is 5.41 Å². The van der Waals surface area contributed by atoms with Crippen molar-refractivity contribution >= 4 is 0 Å². The van der Waals surface area contributed by atoms with E-state index in [2.05, 4.69) is 25.1 Å². The minimum atomic E-state index is -0.248. The summed E-state index contributed by atoms with van der Waals surface area (Å²) in [5.41, 5.74) is 1.07. The molecule has 18 heavy (non-hydrogen) atoms. The van der Waals surface area contributed by atoms with Crippen LogP contribution in [0, 0.1) is 16.7 Å². The van der Waals surface area contributed by atoms with Crippen molar-refractivity contribution in [1.29, 1.82) is 5.26 Å². The lowest BCUT2D eigenvalue weighted by molar-refractivity contribution is 0.150. The molecule has 0 unspecified atom stereocenters. The van der Waals surface area contributed by atoms with E-state index in [1.54, 1.807) is 0 Å². The van der Waals surface area contributed by atoms with Crippen molar-refractivity contribution in [3.8, 4) is 11.8 Å². The van der Waals surface area contributed by atoms with Crippen LogP contribution >= 0.6 is 0 Å². The Bertz CT molecular complexity index is 410. The molecule has 0 heterocycles. The van der Waals surface area contributed by atoms with E-state index in [4.69, 9.17) is 4.74 Å². The van der Waals surface area contributed by atoms with Gasteiger partial charge in [-0.1, -0.05) is 38.3 Å². The van der Waals surface area contributed by atoms with Gasteiger partial charge in [0.25, 0.3) is 0 Å². The Labute approximate surface area is 110 Å². The molecule has 2 heteroatoms. The van der Waals surface area contributed by atoms with Crippen LogP contribution in [0.15, 0.2) is 24.3 Å². The maximum atomic E-state index is 9.37. The van der Waals surface area contributed by atoms with Crippen molar-refractivity contribution in [2.45, 2.75) is 45.4 Å². The summed E-state index contributed by atoms with van der Waals surface area (Å²) >= 11 is 0. The zero-order valence-corrected chi connectivity index (χ0v) is 11.1. The number of hydrogen-bond acceptors (Lipinski definition) is 2. The summed E-state index contributed by atoms with van der Waals surface area (Å²) < 4.78 is 5.82. The Hall–Kier alpha value is -1.49. The highest BCUT2D eigenvalue weighted by Crippen LogP contribution is 2.36. The second kappa shape index (κ2) is 5.91. The molecule has 0 spiro atoms. The van der Waals surface area contributed by atoms with E-state index in [-0.39, 0.29) is 5.41 Å². The zero-order valence-electron chi connectivity index (χ0n) is 11.1. The molecule has 1 aromatic rings. The third-order valence-electron chi connectivity index (χ3n) is 3.89. The summed E-state index contributed by atoms with van der Waals surface area (Å²) in [5, 5.41) is 9.37. The monoisotopic (exact) mass is 243 g/mol. The third kappa shape index (κ3) is 3.04. The molecule has 1 aliphatic carbocycles. The van der Waals surface area contributed by atoms with Crippen LogP contribution in [0.3, 0.4) is 0 Å². The van der Waals surface area contributed by atoms with E-state index < -0.39 is 0 Å². The second-order valence-electron chi connectivity index (χ2n) is 5.24. The number of nitrogens with zero attached hydrogens (tertiary/aromatic N) is 1. The van der Waals surface area contributed by atoms with Crippen LogP contribution in [0.5, 0.6) is 5.75 Å². The van der Waals surface area contributed by atoms with Crippen molar-refractivity contribution in [3.05, 3.63) is 29.8 Å². The summed E-state index contributed by atoms with van der Waals surface area (Å²) in [5.74, 6) is 0.882. The number of benzene rings is 1. The van der Waals surface area contributed by atoms with Gasteiger partial charge in [-0.15, -0.1) is 0 Å². The number of ether oxygens (including phenoxy) is 1. The van der Waals surface area contributed by atoms with Crippen molar-refractivity contribution in [3.63, 3.8) is 0 Å². The lowest BCUT2D eigenvalue weighted by atomic mass is 9.76. The smallest absolute Gasteiger partial charge is 0.119 e. The first-order valence-electron chi connectivity index (χ1n) is 6.91. The maximum Gasteiger partial charge on any atom is 0.119 e. The molecule has 1 saturated carbocycles. The highest BCUT2D eigenvalue weighted by atomic mass is 16.5. The molecular formula is C16H21NO. The number of nitriles is 1. The Balaban J connectivity index is 1.95. The van der Waals surface area contributed by atoms with Gasteiger partial charge in [0.2, 0.25) is 0 Å².